The van der Waals surface area contributed by atoms with Gasteiger partial charge in [-0.15, -0.1) is 0 Å². The summed E-state index contributed by atoms with van der Waals surface area (Å²) >= 11 is 0. The van der Waals surface area contributed by atoms with E-state index in [-0.39, 0.29) is 29.1 Å². The van der Waals surface area contributed by atoms with E-state index < -0.39 is 11.8 Å². The number of rotatable bonds is 6. The third-order valence-corrected chi connectivity index (χ3v) is 7.38. The summed E-state index contributed by atoms with van der Waals surface area (Å²) in [5, 5.41) is 6.18. The van der Waals surface area contributed by atoms with Crippen LogP contribution in [0.4, 0.5) is 26.4 Å². The Kier molecular flexibility index (Phi) is 8.30. The number of aromatic nitrogens is 4. The predicted molar refractivity (Wildman–Crippen MR) is 171 cm³/mol. The first kappa shape index (κ1) is 29.6. The van der Waals surface area contributed by atoms with Gasteiger partial charge in [-0.2, -0.15) is 0 Å². The van der Waals surface area contributed by atoms with Crippen molar-refractivity contribution in [2.24, 2.45) is 0 Å². The second-order valence-corrected chi connectivity index (χ2v) is 10.9. The quantitative estimate of drug-likeness (QED) is 0.261. The monoisotopic (exact) mass is 606 g/mol. The molecule has 2 aromatic heterocycles. The number of carbonyl (C=O) groups is 2. The van der Waals surface area contributed by atoms with Crippen LogP contribution in [-0.2, 0) is 4.74 Å². The first-order valence-electron chi connectivity index (χ1n) is 14.4. The fraction of sp³-hybridized carbons (Fsp3) is 0.212. The molecule has 11 nitrogen and oxygen atoms in total. The average molecular weight is 607 g/mol. The Morgan fingerprint density at radius 1 is 0.933 bits per heavy atom. The summed E-state index contributed by atoms with van der Waals surface area (Å²) < 4.78 is 21.4. The molecule has 3 amide bonds. The minimum Gasteiger partial charge on any atom is -0.375 e. The van der Waals surface area contributed by atoms with Gasteiger partial charge in [-0.3, -0.25) is 4.79 Å². The summed E-state index contributed by atoms with van der Waals surface area (Å²) in [5.41, 5.74) is 3.78. The van der Waals surface area contributed by atoms with Gasteiger partial charge in [0.1, 0.15) is 18.0 Å². The van der Waals surface area contributed by atoms with E-state index in [4.69, 9.17) is 14.7 Å². The van der Waals surface area contributed by atoms with Crippen LogP contribution in [0.25, 0.3) is 33.4 Å². The molecule has 5 aromatic rings. The zero-order valence-electron chi connectivity index (χ0n) is 25.0. The fourth-order valence-electron chi connectivity index (χ4n) is 5.13. The van der Waals surface area contributed by atoms with Gasteiger partial charge in [-0.05, 0) is 67.1 Å². The SMILES string of the molecule is CC1CN(c2nc(-c3ccc(NC(=O)Nc4ccc(C(=O)N(C)C)cc4)cc3F)nc3cc(-c4cncnc4)ccc23)CCO1. The van der Waals surface area contributed by atoms with E-state index in [1.807, 2.05) is 25.1 Å². The topological polar surface area (TPSA) is 125 Å². The van der Waals surface area contributed by atoms with Crippen molar-refractivity contribution in [3.05, 3.63) is 90.8 Å². The lowest BCUT2D eigenvalue weighted by Gasteiger charge is -2.32. The van der Waals surface area contributed by atoms with Gasteiger partial charge in [0.25, 0.3) is 5.91 Å². The molecule has 1 atom stereocenters. The first-order chi connectivity index (χ1) is 21.7. The van der Waals surface area contributed by atoms with Crippen LogP contribution in [0.1, 0.15) is 17.3 Å². The molecule has 12 heteroatoms. The van der Waals surface area contributed by atoms with Gasteiger partial charge < -0.3 is 25.2 Å². The van der Waals surface area contributed by atoms with Gasteiger partial charge in [0.05, 0.1) is 23.8 Å². The Morgan fingerprint density at radius 3 is 2.38 bits per heavy atom. The molecule has 1 unspecified atom stereocenters. The van der Waals surface area contributed by atoms with Gasteiger partial charge in [0, 0.05) is 67.5 Å². The number of ether oxygens (including phenoxy) is 1. The van der Waals surface area contributed by atoms with Crippen LogP contribution in [0, 0.1) is 5.82 Å². The third kappa shape index (κ3) is 6.55. The van der Waals surface area contributed by atoms with Crippen LogP contribution in [0.15, 0.2) is 79.4 Å². The van der Waals surface area contributed by atoms with Crippen molar-refractivity contribution in [1.29, 1.82) is 0 Å². The van der Waals surface area contributed by atoms with Crippen LogP contribution in [-0.4, -0.2) is 76.7 Å². The highest BCUT2D eigenvalue weighted by molar-refractivity contribution is 6.01. The molecule has 0 aliphatic carbocycles. The van der Waals surface area contributed by atoms with Crippen molar-refractivity contribution in [2.75, 3.05) is 49.3 Å². The molecule has 1 aliphatic heterocycles. The summed E-state index contributed by atoms with van der Waals surface area (Å²) in [6, 6.07) is 16.2. The average Bonchev–Trinajstić information content (AvgIpc) is 3.04. The first-order valence-corrected chi connectivity index (χ1v) is 14.4. The molecule has 0 bridgehead atoms. The number of hydrogen-bond donors (Lipinski definition) is 2. The predicted octanol–water partition coefficient (Wildman–Crippen LogP) is 5.46. The lowest BCUT2D eigenvalue weighted by Crippen LogP contribution is -2.41. The van der Waals surface area contributed by atoms with E-state index in [0.717, 1.165) is 16.5 Å². The third-order valence-electron chi connectivity index (χ3n) is 7.38. The number of amides is 3. The van der Waals surface area contributed by atoms with Gasteiger partial charge in [-0.25, -0.2) is 29.1 Å². The van der Waals surface area contributed by atoms with E-state index in [1.54, 1.807) is 62.9 Å². The number of fused-ring (bicyclic) bond motifs is 1. The van der Waals surface area contributed by atoms with Crippen molar-refractivity contribution in [1.82, 2.24) is 24.8 Å². The molecule has 0 saturated carbocycles. The number of benzene rings is 3. The maximum absolute atomic E-state index is 15.6. The Hall–Kier alpha value is -5.49. The molecular weight excluding hydrogens is 575 g/mol. The Labute approximate surface area is 259 Å². The van der Waals surface area contributed by atoms with Gasteiger partial charge in [-0.1, -0.05) is 6.07 Å². The Bertz CT molecular complexity index is 1870. The van der Waals surface area contributed by atoms with Crippen molar-refractivity contribution in [2.45, 2.75) is 13.0 Å². The number of nitrogens with one attached hydrogen (secondary N) is 2. The van der Waals surface area contributed by atoms with Gasteiger partial charge in [0.2, 0.25) is 0 Å². The lowest BCUT2D eigenvalue weighted by molar-refractivity contribution is 0.0530. The fourth-order valence-corrected chi connectivity index (χ4v) is 5.13. The summed E-state index contributed by atoms with van der Waals surface area (Å²) in [7, 11) is 3.33. The molecule has 3 heterocycles. The molecule has 1 aliphatic rings. The molecule has 0 spiro atoms. The van der Waals surface area contributed by atoms with Crippen LogP contribution in [0.3, 0.4) is 0 Å². The number of halogens is 1. The van der Waals surface area contributed by atoms with Crippen molar-refractivity contribution in [3.63, 3.8) is 0 Å². The van der Waals surface area contributed by atoms with E-state index in [9.17, 15) is 9.59 Å². The summed E-state index contributed by atoms with van der Waals surface area (Å²) in [6.07, 6.45) is 4.94. The number of nitrogens with zero attached hydrogens (tertiary/aromatic N) is 6. The second kappa shape index (κ2) is 12.6. The maximum atomic E-state index is 15.6. The van der Waals surface area contributed by atoms with Crippen LogP contribution >= 0.6 is 0 Å². The van der Waals surface area contributed by atoms with E-state index in [2.05, 4.69) is 25.5 Å². The molecule has 228 valence electrons. The Balaban J connectivity index is 1.28. The van der Waals surface area contributed by atoms with Crippen molar-refractivity contribution < 1.29 is 18.7 Å². The number of morpholine rings is 1. The van der Waals surface area contributed by atoms with E-state index in [1.165, 1.54) is 17.3 Å². The molecule has 1 fully saturated rings. The molecule has 3 aromatic carbocycles. The molecular formula is C33H31FN8O3. The molecule has 0 radical (unpaired) electrons. The Morgan fingerprint density at radius 2 is 1.67 bits per heavy atom. The number of hydrogen-bond acceptors (Lipinski definition) is 8. The van der Waals surface area contributed by atoms with Gasteiger partial charge >= 0.3 is 6.03 Å². The smallest absolute Gasteiger partial charge is 0.323 e. The highest BCUT2D eigenvalue weighted by atomic mass is 19.1. The van der Waals surface area contributed by atoms with Crippen LogP contribution in [0.5, 0.6) is 0 Å². The number of carbonyl (C=O) groups excluding carboxylic acids is 2. The highest BCUT2D eigenvalue weighted by Crippen LogP contribution is 2.33. The molecule has 45 heavy (non-hydrogen) atoms. The van der Waals surface area contributed by atoms with Crippen molar-refractivity contribution >= 4 is 40.0 Å². The minimum absolute atomic E-state index is 0.0136. The standard InChI is InChI=1S/C33H31FN8O3/c1-20-18-42(12-13-45-20)31-27-10-6-22(23-16-35-19-36-17-23)14-29(27)39-30(40-31)26-11-9-25(15-28(26)34)38-33(44)37-24-7-4-21(5-8-24)32(43)41(2)3/h4-11,14-17,19-20H,12-13,18H2,1-3H3,(H2,37,38,44). The number of anilines is 3. The lowest BCUT2D eigenvalue weighted by atomic mass is 10.1. The normalized spacial score (nSPS) is 14.7. The molecule has 6 rings (SSSR count). The largest absolute Gasteiger partial charge is 0.375 e. The van der Waals surface area contributed by atoms with Crippen molar-refractivity contribution in [3.8, 4) is 22.5 Å². The summed E-state index contributed by atoms with van der Waals surface area (Å²) in [5.74, 6) is 0.182. The zero-order valence-corrected chi connectivity index (χ0v) is 25.0. The minimum atomic E-state index is -0.590. The van der Waals surface area contributed by atoms with E-state index >= 15 is 4.39 Å². The maximum Gasteiger partial charge on any atom is 0.323 e. The molecule has 2 N–H and O–H groups in total. The number of urea groups is 1. The second-order valence-electron chi connectivity index (χ2n) is 10.9. The van der Waals surface area contributed by atoms with Gasteiger partial charge in [0.15, 0.2) is 5.82 Å². The van der Waals surface area contributed by atoms with E-state index in [0.29, 0.717) is 42.3 Å². The highest BCUT2D eigenvalue weighted by Gasteiger charge is 2.23. The summed E-state index contributed by atoms with van der Waals surface area (Å²) in [4.78, 5) is 46.2. The van der Waals surface area contributed by atoms with Crippen LogP contribution in [0.2, 0.25) is 0 Å². The summed E-state index contributed by atoms with van der Waals surface area (Å²) in [6.45, 7) is 3.83. The van der Waals surface area contributed by atoms with Crippen LogP contribution < -0.4 is 15.5 Å². The zero-order chi connectivity index (χ0) is 31.5. The molecule has 1 saturated heterocycles.